The van der Waals surface area contributed by atoms with E-state index in [0.717, 1.165) is 24.2 Å². The van der Waals surface area contributed by atoms with Crippen molar-refractivity contribution >= 4 is 21.9 Å². The number of aryl methyl sites for hydroxylation is 2. The molecule has 0 aliphatic carbocycles. The number of benzene rings is 2. The van der Waals surface area contributed by atoms with Gasteiger partial charge in [0.2, 0.25) is 0 Å². The van der Waals surface area contributed by atoms with Gasteiger partial charge in [-0.1, -0.05) is 24.3 Å². The second-order valence-electron chi connectivity index (χ2n) is 6.76. The third-order valence-corrected chi connectivity index (χ3v) is 6.00. The number of nitrogens with one attached hydrogen (secondary N) is 1. The Balaban J connectivity index is 1.67. The normalized spacial score (nSPS) is 15.4. The number of hydrazone groups is 1. The highest BCUT2D eigenvalue weighted by molar-refractivity contribution is 7.89. The van der Waals surface area contributed by atoms with Crippen LogP contribution in [0.4, 0.5) is 5.69 Å². The Hall–Kier alpha value is -2.34. The average Bonchev–Trinajstić information content (AvgIpc) is 2.65. The first-order chi connectivity index (χ1) is 12.5. The fourth-order valence-corrected chi connectivity index (χ4v) is 4.26. The van der Waals surface area contributed by atoms with Crippen molar-refractivity contribution in [3.8, 4) is 0 Å². The molecule has 0 spiro atoms. The van der Waals surface area contributed by atoms with Gasteiger partial charge in [-0.3, -0.25) is 0 Å². The van der Waals surface area contributed by atoms with E-state index in [4.69, 9.17) is 0 Å². The van der Waals surface area contributed by atoms with Crippen LogP contribution in [0, 0.1) is 13.8 Å². The van der Waals surface area contributed by atoms with Crippen molar-refractivity contribution in [3.05, 3.63) is 59.2 Å². The van der Waals surface area contributed by atoms with E-state index >= 15 is 0 Å². The molecule has 1 N–H and O–H groups in total. The Morgan fingerprint density at radius 1 is 1.00 bits per heavy atom. The molecule has 1 heterocycles. The summed E-state index contributed by atoms with van der Waals surface area (Å²) in [6.45, 7) is 5.84. The van der Waals surface area contributed by atoms with Crippen molar-refractivity contribution in [1.82, 2.24) is 4.83 Å². The van der Waals surface area contributed by atoms with E-state index in [1.807, 2.05) is 25.1 Å². The molecule has 0 unspecified atom stereocenters. The minimum Gasteiger partial charge on any atom is -0.372 e. The molecule has 0 aromatic heterocycles. The van der Waals surface area contributed by atoms with Crippen molar-refractivity contribution in [2.75, 3.05) is 18.0 Å². The number of hydrogen-bond donors (Lipinski definition) is 1. The van der Waals surface area contributed by atoms with Gasteiger partial charge >= 0.3 is 0 Å². The first-order valence-corrected chi connectivity index (χ1v) is 10.4. The number of piperidine rings is 1. The highest BCUT2D eigenvalue weighted by Gasteiger charge is 2.15. The van der Waals surface area contributed by atoms with Crippen molar-refractivity contribution < 1.29 is 8.42 Å². The van der Waals surface area contributed by atoms with Crippen LogP contribution in [-0.2, 0) is 10.0 Å². The number of sulfonamides is 1. The van der Waals surface area contributed by atoms with Crippen molar-refractivity contribution in [1.29, 1.82) is 0 Å². The van der Waals surface area contributed by atoms with Gasteiger partial charge in [0.1, 0.15) is 0 Å². The third kappa shape index (κ3) is 4.43. The molecule has 1 aliphatic heterocycles. The summed E-state index contributed by atoms with van der Waals surface area (Å²) in [7, 11) is -3.67. The summed E-state index contributed by atoms with van der Waals surface area (Å²) in [5.74, 6) is 0. The van der Waals surface area contributed by atoms with Crippen molar-refractivity contribution in [3.63, 3.8) is 0 Å². The number of rotatable bonds is 5. The minimum absolute atomic E-state index is 0.259. The maximum absolute atomic E-state index is 12.4. The largest absolute Gasteiger partial charge is 0.372 e. The van der Waals surface area contributed by atoms with Crippen LogP contribution < -0.4 is 9.73 Å². The van der Waals surface area contributed by atoms with E-state index in [9.17, 15) is 8.42 Å². The average molecular weight is 372 g/mol. The van der Waals surface area contributed by atoms with Gasteiger partial charge in [-0.05, 0) is 68.0 Å². The molecule has 6 heteroatoms. The SMILES string of the molecule is Cc1ccc(C)c(S(=O)(=O)NN=Cc2ccc(N3CCCCC3)cc2)c1. The number of hydrogen-bond acceptors (Lipinski definition) is 4. The Kier molecular flexibility index (Phi) is 5.61. The van der Waals surface area contributed by atoms with Crippen LogP contribution in [0.15, 0.2) is 52.5 Å². The maximum Gasteiger partial charge on any atom is 0.276 e. The molecular weight excluding hydrogens is 346 g/mol. The van der Waals surface area contributed by atoms with Gasteiger partial charge in [0.05, 0.1) is 11.1 Å². The zero-order valence-corrected chi connectivity index (χ0v) is 16.1. The highest BCUT2D eigenvalue weighted by Crippen LogP contribution is 2.20. The molecule has 1 saturated heterocycles. The third-order valence-electron chi connectivity index (χ3n) is 4.63. The van der Waals surface area contributed by atoms with Crippen LogP contribution in [0.3, 0.4) is 0 Å². The van der Waals surface area contributed by atoms with Gasteiger partial charge in [0.15, 0.2) is 0 Å². The molecule has 0 amide bonds. The quantitative estimate of drug-likeness (QED) is 0.645. The van der Waals surface area contributed by atoms with Crippen molar-refractivity contribution in [2.24, 2.45) is 5.10 Å². The van der Waals surface area contributed by atoms with Crippen LogP contribution in [-0.4, -0.2) is 27.7 Å². The predicted molar refractivity (Wildman–Crippen MR) is 106 cm³/mol. The number of anilines is 1. The zero-order chi connectivity index (χ0) is 18.6. The van der Waals surface area contributed by atoms with Crippen LogP contribution in [0.1, 0.15) is 36.0 Å². The lowest BCUT2D eigenvalue weighted by Crippen LogP contribution is -2.29. The topological polar surface area (TPSA) is 61.8 Å². The Labute approximate surface area is 155 Å². The second-order valence-corrected chi connectivity index (χ2v) is 8.39. The van der Waals surface area contributed by atoms with Crippen LogP contribution >= 0.6 is 0 Å². The lowest BCUT2D eigenvalue weighted by Gasteiger charge is -2.28. The van der Waals surface area contributed by atoms with E-state index in [0.29, 0.717) is 5.56 Å². The molecule has 1 aliphatic rings. The fourth-order valence-electron chi connectivity index (χ4n) is 3.14. The molecule has 2 aromatic rings. The molecule has 0 atom stereocenters. The molecule has 0 saturated carbocycles. The molecule has 2 aromatic carbocycles. The summed E-state index contributed by atoms with van der Waals surface area (Å²) < 4.78 is 24.8. The van der Waals surface area contributed by atoms with E-state index in [1.165, 1.54) is 31.2 Å². The highest BCUT2D eigenvalue weighted by atomic mass is 32.2. The van der Waals surface area contributed by atoms with Crippen LogP contribution in [0.5, 0.6) is 0 Å². The van der Waals surface area contributed by atoms with Crippen LogP contribution in [0.25, 0.3) is 0 Å². The summed E-state index contributed by atoms with van der Waals surface area (Å²) >= 11 is 0. The van der Waals surface area contributed by atoms with E-state index in [2.05, 4.69) is 27.0 Å². The van der Waals surface area contributed by atoms with Gasteiger partial charge in [-0.25, -0.2) is 4.83 Å². The maximum atomic E-state index is 12.4. The molecule has 1 fully saturated rings. The molecule has 5 nitrogen and oxygen atoms in total. The second kappa shape index (κ2) is 7.91. The fraction of sp³-hybridized carbons (Fsp3) is 0.350. The van der Waals surface area contributed by atoms with Gasteiger partial charge in [0.25, 0.3) is 10.0 Å². The van der Waals surface area contributed by atoms with Crippen molar-refractivity contribution in [2.45, 2.75) is 38.0 Å². The molecule has 0 radical (unpaired) electrons. The smallest absolute Gasteiger partial charge is 0.276 e. The zero-order valence-electron chi connectivity index (χ0n) is 15.3. The standard InChI is InChI=1S/C20H25N3O2S/c1-16-6-7-17(2)20(14-16)26(24,25)22-21-15-18-8-10-19(11-9-18)23-12-4-3-5-13-23/h6-11,14-15,22H,3-5,12-13H2,1-2H3. The van der Waals surface area contributed by atoms with Crippen LogP contribution in [0.2, 0.25) is 0 Å². The molecule has 138 valence electrons. The molecule has 3 rings (SSSR count). The summed E-state index contributed by atoms with van der Waals surface area (Å²) in [4.78, 5) is 4.94. The number of nitrogens with zero attached hydrogens (tertiary/aromatic N) is 2. The first-order valence-electron chi connectivity index (χ1n) is 8.93. The Morgan fingerprint density at radius 2 is 1.69 bits per heavy atom. The molecule has 0 bridgehead atoms. The predicted octanol–water partition coefficient (Wildman–Crippen LogP) is 3.61. The Bertz CT molecular complexity index is 884. The van der Waals surface area contributed by atoms with Gasteiger partial charge in [0, 0.05) is 18.8 Å². The van der Waals surface area contributed by atoms with E-state index < -0.39 is 10.0 Å². The minimum atomic E-state index is -3.67. The lowest BCUT2D eigenvalue weighted by atomic mass is 10.1. The molecular formula is C20H25N3O2S. The van der Waals surface area contributed by atoms with Gasteiger partial charge < -0.3 is 4.90 Å². The van der Waals surface area contributed by atoms with E-state index in [-0.39, 0.29) is 4.90 Å². The lowest BCUT2D eigenvalue weighted by molar-refractivity contribution is 0.578. The first kappa shape index (κ1) is 18.5. The summed E-state index contributed by atoms with van der Waals surface area (Å²) in [6.07, 6.45) is 5.32. The monoisotopic (exact) mass is 371 g/mol. The molecule has 26 heavy (non-hydrogen) atoms. The summed E-state index contributed by atoms with van der Waals surface area (Å²) in [5.41, 5.74) is 3.66. The Morgan fingerprint density at radius 3 is 2.38 bits per heavy atom. The van der Waals surface area contributed by atoms with Gasteiger partial charge in [-0.2, -0.15) is 13.5 Å². The van der Waals surface area contributed by atoms with Gasteiger partial charge in [-0.15, -0.1) is 0 Å². The summed E-state index contributed by atoms with van der Waals surface area (Å²) in [6, 6.07) is 13.4. The van der Waals surface area contributed by atoms with E-state index in [1.54, 1.807) is 19.1 Å². The summed E-state index contributed by atoms with van der Waals surface area (Å²) in [5, 5.41) is 3.93.